The molecule has 0 aliphatic heterocycles. The van der Waals surface area contributed by atoms with Crippen LogP contribution < -0.4 is 15.4 Å². The Hall–Kier alpha value is -1.75. The Bertz CT molecular complexity index is 396. The van der Waals surface area contributed by atoms with E-state index in [1.165, 1.54) is 0 Å². The second kappa shape index (κ2) is 10.1. The molecule has 0 saturated carbocycles. The molecule has 0 radical (unpaired) electrons. The van der Waals surface area contributed by atoms with Gasteiger partial charge in [0, 0.05) is 26.8 Å². The van der Waals surface area contributed by atoms with Gasteiger partial charge in [0.25, 0.3) is 0 Å². The minimum atomic E-state index is -0.127. The van der Waals surface area contributed by atoms with Gasteiger partial charge < -0.3 is 20.1 Å². The summed E-state index contributed by atoms with van der Waals surface area (Å²) >= 11 is 0. The molecular formula is C15H24N2O3. The lowest BCUT2D eigenvalue weighted by Crippen LogP contribution is -2.37. The van der Waals surface area contributed by atoms with Gasteiger partial charge in [0.2, 0.25) is 0 Å². The summed E-state index contributed by atoms with van der Waals surface area (Å²) in [5.74, 6) is 0.856. The fraction of sp³-hybridized carbons (Fsp3) is 0.533. The average molecular weight is 280 g/mol. The van der Waals surface area contributed by atoms with Crippen LogP contribution in [0, 0.1) is 0 Å². The number of carbonyl (C=O) groups excluding carboxylic acids is 1. The van der Waals surface area contributed by atoms with Crippen LogP contribution in [0.5, 0.6) is 5.75 Å². The molecule has 0 saturated heterocycles. The zero-order valence-electron chi connectivity index (χ0n) is 12.3. The van der Waals surface area contributed by atoms with Gasteiger partial charge in [-0.3, -0.25) is 0 Å². The fourth-order valence-corrected chi connectivity index (χ4v) is 1.86. The van der Waals surface area contributed by atoms with Crippen LogP contribution in [0.25, 0.3) is 0 Å². The molecule has 20 heavy (non-hydrogen) atoms. The van der Waals surface area contributed by atoms with Gasteiger partial charge in [-0.15, -0.1) is 0 Å². The van der Waals surface area contributed by atoms with E-state index in [4.69, 9.17) is 9.47 Å². The molecule has 0 aliphatic carbocycles. The summed E-state index contributed by atoms with van der Waals surface area (Å²) in [5.41, 5.74) is 1.09. The van der Waals surface area contributed by atoms with Crippen LogP contribution in [-0.2, 0) is 11.2 Å². The first kappa shape index (κ1) is 16.3. The summed E-state index contributed by atoms with van der Waals surface area (Å²) in [7, 11) is 3.33. The van der Waals surface area contributed by atoms with Crippen molar-refractivity contribution in [2.45, 2.75) is 19.3 Å². The van der Waals surface area contributed by atoms with Crippen molar-refractivity contribution in [3.8, 4) is 5.75 Å². The van der Waals surface area contributed by atoms with Crippen molar-refractivity contribution in [1.29, 1.82) is 0 Å². The van der Waals surface area contributed by atoms with Crippen LogP contribution in [0.4, 0.5) is 4.79 Å². The highest BCUT2D eigenvalue weighted by molar-refractivity contribution is 5.73. The molecule has 0 aromatic heterocycles. The van der Waals surface area contributed by atoms with Crippen LogP contribution in [0.1, 0.15) is 18.4 Å². The topological polar surface area (TPSA) is 59.6 Å². The molecule has 2 N–H and O–H groups in total. The summed E-state index contributed by atoms with van der Waals surface area (Å²) in [6.07, 6.45) is 2.63. The molecule has 0 spiro atoms. The average Bonchev–Trinajstić information content (AvgIpc) is 2.47. The number of para-hydroxylation sites is 1. The quantitative estimate of drug-likeness (QED) is 0.680. The number of carbonyl (C=O) groups is 1. The first-order valence-electron chi connectivity index (χ1n) is 6.90. The summed E-state index contributed by atoms with van der Waals surface area (Å²) in [6, 6.07) is 7.70. The van der Waals surface area contributed by atoms with Crippen molar-refractivity contribution >= 4 is 6.03 Å². The number of amides is 2. The monoisotopic (exact) mass is 280 g/mol. The van der Waals surface area contributed by atoms with Crippen LogP contribution in [-0.4, -0.2) is 39.9 Å². The third-order valence-corrected chi connectivity index (χ3v) is 2.93. The largest absolute Gasteiger partial charge is 0.496 e. The van der Waals surface area contributed by atoms with E-state index in [9.17, 15) is 4.79 Å². The van der Waals surface area contributed by atoms with Crippen molar-refractivity contribution < 1.29 is 14.3 Å². The minimum Gasteiger partial charge on any atom is -0.496 e. The normalized spacial score (nSPS) is 10.1. The molecule has 2 amide bonds. The van der Waals surface area contributed by atoms with Crippen LogP contribution in [0.2, 0.25) is 0 Å². The molecule has 0 fully saturated rings. The summed E-state index contributed by atoms with van der Waals surface area (Å²) < 4.78 is 10.2. The van der Waals surface area contributed by atoms with Crippen LogP contribution in [0.15, 0.2) is 24.3 Å². The fourth-order valence-electron chi connectivity index (χ4n) is 1.86. The van der Waals surface area contributed by atoms with E-state index in [1.807, 2.05) is 24.3 Å². The van der Waals surface area contributed by atoms with E-state index in [2.05, 4.69) is 10.6 Å². The number of urea groups is 1. The Kier molecular flexibility index (Phi) is 8.22. The lowest BCUT2D eigenvalue weighted by molar-refractivity contribution is 0.192. The second-order valence-corrected chi connectivity index (χ2v) is 4.44. The number of hydrogen-bond donors (Lipinski definition) is 2. The summed E-state index contributed by atoms with van der Waals surface area (Å²) in [5, 5.41) is 5.66. The van der Waals surface area contributed by atoms with Gasteiger partial charge in [0.15, 0.2) is 0 Å². The molecule has 0 unspecified atom stereocenters. The third-order valence-electron chi connectivity index (χ3n) is 2.93. The van der Waals surface area contributed by atoms with Gasteiger partial charge in [0.1, 0.15) is 5.75 Å². The predicted octanol–water partition coefficient (Wildman–Crippen LogP) is 1.96. The summed E-state index contributed by atoms with van der Waals surface area (Å²) in [4.78, 5) is 11.5. The Morgan fingerprint density at radius 2 is 1.85 bits per heavy atom. The molecule has 112 valence electrons. The maximum atomic E-state index is 11.5. The molecule has 5 heteroatoms. The van der Waals surface area contributed by atoms with E-state index < -0.39 is 0 Å². The lowest BCUT2D eigenvalue weighted by Gasteiger charge is -2.10. The van der Waals surface area contributed by atoms with Crippen molar-refractivity contribution in [3.63, 3.8) is 0 Å². The molecule has 0 bridgehead atoms. The molecule has 1 aromatic carbocycles. The van der Waals surface area contributed by atoms with E-state index in [0.29, 0.717) is 13.1 Å². The predicted molar refractivity (Wildman–Crippen MR) is 79.2 cm³/mol. The zero-order valence-corrected chi connectivity index (χ0v) is 12.3. The molecular weight excluding hydrogens is 256 g/mol. The molecule has 0 heterocycles. The van der Waals surface area contributed by atoms with Gasteiger partial charge in [-0.05, 0) is 30.9 Å². The highest BCUT2D eigenvalue weighted by atomic mass is 16.5. The smallest absolute Gasteiger partial charge is 0.314 e. The molecule has 1 rings (SSSR count). The second-order valence-electron chi connectivity index (χ2n) is 4.44. The number of benzene rings is 1. The van der Waals surface area contributed by atoms with E-state index in [1.54, 1.807) is 14.2 Å². The van der Waals surface area contributed by atoms with Gasteiger partial charge >= 0.3 is 6.03 Å². The number of unbranched alkanes of at least 4 members (excludes halogenated alkanes) is 1. The zero-order chi connectivity index (χ0) is 14.6. The highest BCUT2D eigenvalue weighted by Crippen LogP contribution is 2.17. The number of methoxy groups -OCH3 is 2. The number of nitrogens with one attached hydrogen (secondary N) is 2. The van der Waals surface area contributed by atoms with Crippen LogP contribution >= 0.6 is 0 Å². The SMILES string of the molecule is COCCCCNC(=O)NCCc1ccccc1OC. The van der Waals surface area contributed by atoms with E-state index in [-0.39, 0.29) is 6.03 Å². The van der Waals surface area contributed by atoms with Crippen molar-refractivity contribution in [2.24, 2.45) is 0 Å². The molecule has 5 nitrogen and oxygen atoms in total. The standard InChI is InChI=1S/C15H24N2O3/c1-19-12-6-5-10-16-15(18)17-11-9-13-7-3-4-8-14(13)20-2/h3-4,7-8H,5-6,9-12H2,1-2H3,(H2,16,17,18). The van der Waals surface area contributed by atoms with Crippen LogP contribution in [0.3, 0.4) is 0 Å². The lowest BCUT2D eigenvalue weighted by atomic mass is 10.1. The van der Waals surface area contributed by atoms with Gasteiger partial charge in [-0.1, -0.05) is 18.2 Å². The van der Waals surface area contributed by atoms with Gasteiger partial charge in [-0.2, -0.15) is 0 Å². The van der Waals surface area contributed by atoms with Crippen molar-refractivity contribution in [1.82, 2.24) is 10.6 Å². The highest BCUT2D eigenvalue weighted by Gasteiger charge is 2.03. The van der Waals surface area contributed by atoms with Gasteiger partial charge in [-0.25, -0.2) is 4.79 Å². The van der Waals surface area contributed by atoms with Crippen molar-refractivity contribution in [3.05, 3.63) is 29.8 Å². The van der Waals surface area contributed by atoms with E-state index >= 15 is 0 Å². The molecule has 0 aliphatic rings. The number of rotatable bonds is 9. The maximum absolute atomic E-state index is 11.5. The summed E-state index contributed by atoms with van der Waals surface area (Å²) in [6.45, 7) is 1.99. The number of ether oxygens (including phenoxy) is 2. The third kappa shape index (κ3) is 6.43. The molecule has 0 atom stereocenters. The first-order chi connectivity index (χ1) is 9.77. The van der Waals surface area contributed by atoms with Crippen molar-refractivity contribution in [2.75, 3.05) is 33.9 Å². The number of hydrogen-bond acceptors (Lipinski definition) is 3. The molecule has 1 aromatic rings. The maximum Gasteiger partial charge on any atom is 0.314 e. The Balaban J connectivity index is 2.15. The Labute approximate surface area is 120 Å². The minimum absolute atomic E-state index is 0.127. The van der Waals surface area contributed by atoms with E-state index in [0.717, 1.165) is 37.2 Å². The first-order valence-corrected chi connectivity index (χ1v) is 6.90. The Morgan fingerprint density at radius 3 is 2.60 bits per heavy atom. The Morgan fingerprint density at radius 1 is 1.10 bits per heavy atom. The van der Waals surface area contributed by atoms with Gasteiger partial charge in [0.05, 0.1) is 7.11 Å².